The first kappa shape index (κ1) is 16.9. The molecule has 0 aromatic carbocycles. The van der Waals surface area contributed by atoms with Crippen molar-refractivity contribution in [1.29, 1.82) is 0 Å². The fraction of sp³-hybridized carbons (Fsp3) is 0.476. The van der Waals surface area contributed by atoms with Crippen LogP contribution in [0.2, 0.25) is 0 Å². The van der Waals surface area contributed by atoms with Crippen molar-refractivity contribution in [2.75, 3.05) is 0 Å². The van der Waals surface area contributed by atoms with E-state index in [4.69, 9.17) is 0 Å². The molecule has 29 heavy (non-hydrogen) atoms. The van der Waals surface area contributed by atoms with Crippen LogP contribution in [0.4, 0.5) is 0 Å². The highest BCUT2D eigenvalue weighted by molar-refractivity contribution is 5.97. The predicted molar refractivity (Wildman–Crippen MR) is 105 cm³/mol. The summed E-state index contributed by atoms with van der Waals surface area (Å²) in [6.45, 7) is 2.83. The Kier molecular flexibility index (Phi) is 3.48. The Bertz CT molecular complexity index is 1200. The summed E-state index contributed by atoms with van der Waals surface area (Å²) in [6.07, 6.45) is 8.03. The highest BCUT2D eigenvalue weighted by Crippen LogP contribution is 2.40. The SMILES string of the molecule is CC(C1CC1)n1ncc2cc(C(=O)N3Cc4nc(C5CC5)[nH]c(=O)c4C3)cnc21. The first-order valence-electron chi connectivity index (χ1n) is 10.3. The van der Waals surface area contributed by atoms with Crippen LogP contribution in [-0.2, 0) is 13.1 Å². The summed E-state index contributed by atoms with van der Waals surface area (Å²) in [6, 6.07) is 2.18. The molecule has 0 radical (unpaired) electrons. The van der Waals surface area contributed by atoms with E-state index in [1.54, 1.807) is 17.3 Å². The van der Waals surface area contributed by atoms with Gasteiger partial charge >= 0.3 is 0 Å². The molecule has 2 saturated carbocycles. The van der Waals surface area contributed by atoms with Gasteiger partial charge in [-0.3, -0.25) is 9.59 Å². The largest absolute Gasteiger partial charge is 0.328 e. The molecule has 0 bridgehead atoms. The van der Waals surface area contributed by atoms with E-state index in [-0.39, 0.29) is 18.0 Å². The number of carbonyl (C=O) groups is 1. The second-order valence-electron chi connectivity index (χ2n) is 8.62. The van der Waals surface area contributed by atoms with Crippen molar-refractivity contribution in [1.82, 2.24) is 29.6 Å². The first-order valence-corrected chi connectivity index (χ1v) is 10.3. The van der Waals surface area contributed by atoms with Gasteiger partial charge in [-0.05, 0) is 44.6 Å². The van der Waals surface area contributed by atoms with Gasteiger partial charge in [0.1, 0.15) is 5.82 Å². The quantitative estimate of drug-likeness (QED) is 0.738. The number of hydrogen-bond acceptors (Lipinski definition) is 5. The van der Waals surface area contributed by atoms with E-state index >= 15 is 0 Å². The van der Waals surface area contributed by atoms with Crippen LogP contribution >= 0.6 is 0 Å². The van der Waals surface area contributed by atoms with Crippen molar-refractivity contribution in [2.24, 2.45) is 5.92 Å². The van der Waals surface area contributed by atoms with Crippen molar-refractivity contribution in [3.8, 4) is 0 Å². The summed E-state index contributed by atoms with van der Waals surface area (Å²) in [7, 11) is 0. The lowest BCUT2D eigenvalue weighted by atomic mass is 10.2. The molecule has 0 saturated heterocycles. The Morgan fingerprint density at radius 3 is 2.79 bits per heavy atom. The molecule has 1 unspecified atom stereocenters. The topological polar surface area (TPSA) is 96.8 Å². The molecular formula is C21H22N6O2. The predicted octanol–water partition coefficient (Wildman–Crippen LogP) is 2.52. The fourth-order valence-electron chi connectivity index (χ4n) is 4.29. The number of H-pyrrole nitrogens is 1. The van der Waals surface area contributed by atoms with Crippen molar-refractivity contribution < 1.29 is 4.79 Å². The number of aromatic amines is 1. The minimum Gasteiger partial charge on any atom is -0.328 e. The molecule has 2 fully saturated rings. The monoisotopic (exact) mass is 390 g/mol. The van der Waals surface area contributed by atoms with Crippen molar-refractivity contribution in [3.05, 3.63) is 51.5 Å². The van der Waals surface area contributed by atoms with Gasteiger partial charge in [-0.15, -0.1) is 0 Å². The van der Waals surface area contributed by atoms with Crippen molar-refractivity contribution in [2.45, 2.75) is 57.7 Å². The maximum Gasteiger partial charge on any atom is 0.256 e. The Morgan fingerprint density at radius 1 is 1.21 bits per heavy atom. The lowest BCUT2D eigenvalue weighted by molar-refractivity contribution is 0.0750. The fourth-order valence-corrected chi connectivity index (χ4v) is 4.29. The van der Waals surface area contributed by atoms with Crippen LogP contribution in [0, 0.1) is 5.92 Å². The van der Waals surface area contributed by atoms with Gasteiger partial charge in [0.05, 0.1) is 42.1 Å². The van der Waals surface area contributed by atoms with Gasteiger partial charge in [-0.25, -0.2) is 14.6 Å². The molecule has 8 nitrogen and oxygen atoms in total. The van der Waals surface area contributed by atoms with E-state index in [9.17, 15) is 9.59 Å². The number of aromatic nitrogens is 5. The molecule has 1 aliphatic heterocycles. The molecule has 3 aromatic rings. The Morgan fingerprint density at radius 2 is 2.03 bits per heavy atom. The number of hydrogen-bond donors (Lipinski definition) is 1. The van der Waals surface area contributed by atoms with Gasteiger partial charge in [-0.1, -0.05) is 0 Å². The summed E-state index contributed by atoms with van der Waals surface area (Å²) in [5.41, 5.74) is 2.55. The van der Waals surface area contributed by atoms with Crippen LogP contribution in [0.3, 0.4) is 0 Å². The molecule has 148 valence electrons. The van der Waals surface area contributed by atoms with Crippen LogP contribution in [0.25, 0.3) is 11.0 Å². The Hall–Kier alpha value is -3.03. The molecule has 3 aromatic heterocycles. The van der Waals surface area contributed by atoms with Crippen molar-refractivity contribution >= 4 is 16.9 Å². The molecule has 1 atom stereocenters. The third-order valence-electron chi connectivity index (χ3n) is 6.43. The molecule has 1 amide bonds. The number of amides is 1. The minimum atomic E-state index is -0.132. The maximum absolute atomic E-state index is 13.1. The second-order valence-corrected chi connectivity index (χ2v) is 8.62. The zero-order chi connectivity index (χ0) is 19.7. The van der Waals surface area contributed by atoms with Gasteiger partial charge < -0.3 is 9.88 Å². The van der Waals surface area contributed by atoms with Crippen LogP contribution in [0.5, 0.6) is 0 Å². The van der Waals surface area contributed by atoms with E-state index in [0.717, 1.165) is 35.4 Å². The van der Waals surface area contributed by atoms with Gasteiger partial charge in [0.15, 0.2) is 5.65 Å². The highest BCUT2D eigenvalue weighted by atomic mass is 16.2. The Balaban J connectivity index is 1.27. The van der Waals surface area contributed by atoms with Crippen molar-refractivity contribution in [3.63, 3.8) is 0 Å². The van der Waals surface area contributed by atoms with E-state index in [2.05, 4.69) is 27.0 Å². The first-order chi connectivity index (χ1) is 14.1. The number of fused-ring (bicyclic) bond motifs is 2. The minimum absolute atomic E-state index is 0.115. The standard InChI is InChI=1S/C21H22N6O2/c1-11(12-2-3-12)27-19-14(8-23-27)6-15(7-22-19)21(29)26-9-16-17(10-26)24-18(13-4-5-13)25-20(16)28/h6-8,11-13H,2-5,9-10H2,1H3,(H,24,25,28). The van der Waals surface area contributed by atoms with Gasteiger partial charge in [-0.2, -0.15) is 5.10 Å². The molecule has 1 N–H and O–H groups in total. The van der Waals surface area contributed by atoms with Crippen LogP contribution < -0.4 is 5.56 Å². The number of carbonyl (C=O) groups excluding carboxylic acids is 1. The summed E-state index contributed by atoms with van der Waals surface area (Å²) < 4.78 is 1.97. The van der Waals surface area contributed by atoms with Gasteiger partial charge in [0, 0.05) is 17.5 Å². The van der Waals surface area contributed by atoms with E-state index in [1.165, 1.54) is 12.8 Å². The van der Waals surface area contributed by atoms with Crippen LogP contribution in [0.1, 0.15) is 72.0 Å². The maximum atomic E-state index is 13.1. The molecule has 0 spiro atoms. The van der Waals surface area contributed by atoms with E-state index in [1.807, 2.05) is 10.7 Å². The van der Waals surface area contributed by atoms with E-state index < -0.39 is 0 Å². The third-order valence-corrected chi connectivity index (χ3v) is 6.43. The lowest BCUT2D eigenvalue weighted by Gasteiger charge is -2.15. The number of rotatable bonds is 4. The van der Waals surface area contributed by atoms with Gasteiger partial charge in [0.2, 0.25) is 0 Å². The van der Waals surface area contributed by atoms with E-state index in [0.29, 0.717) is 35.5 Å². The summed E-state index contributed by atoms with van der Waals surface area (Å²) in [5.74, 6) is 1.69. The summed E-state index contributed by atoms with van der Waals surface area (Å²) in [5, 5.41) is 5.37. The molecule has 3 aliphatic rings. The number of nitrogens with one attached hydrogen (secondary N) is 1. The second kappa shape index (κ2) is 5.98. The molecular weight excluding hydrogens is 368 g/mol. The van der Waals surface area contributed by atoms with Crippen LogP contribution in [-0.4, -0.2) is 35.5 Å². The average Bonchev–Trinajstić information content (AvgIpc) is 3.65. The summed E-state index contributed by atoms with van der Waals surface area (Å²) >= 11 is 0. The smallest absolute Gasteiger partial charge is 0.256 e. The number of pyridine rings is 1. The normalized spacial score (nSPS) is 19.6. The summed E-state index contributed by atoms with van der Waals surface area (Å²) in [4.78, 5) is 39.2. The molecule has 2 aliphatic carbocycles. The lowest BCUT2D eigenvalue weighted by Crippen LogP contribution is -2.26. The molecule has 8 heteroatoms. The zero-order valence-electron chi connectivity index (χ0n) is 16.3. The molecule has 6 rings (SSSR count). The third kappa shape index (κ3) is 2.77. The zero-order valence-corrected chi connectivity index (χ0v) is 16.3. The number of nitrogens with zero attached hydrogens (tertiary/aromatic N) is 5. The highest BCUT2D eigenvalue weighted by Gasteiger charge is 2.33. The Labute approximate surface area is 167 Å². The van der Waals surface area contributed by atoms with Crippen LogP contribution in [0.15, 0.2) is 23.3 Å². The molecule has 4 heterocycles. The average molecular weight is 390 g/mol. The van der Waals surface area contributed by atoms with Gasteiger partial charge in [0.25, 0.3) is 11.5 Å².